The van der Waals surface area contributed by atoms with Crippen molar-refractivity contribution in [1.29, 1.82) is 0 Å². The molecule has 0 saturated carbocycles. The first-order valence-electron chi connectivity index (χ1n) is 38.0. The number of unbranched alkanes of at least 4 members (excludes halogenated alkanes) is 41. The molecule has 19 heteroatoms. The van der Waals surface area contributed by atoms with Crippen LogP contribution in [0.25, 0.3) is 0 Å². The third kappa shape index (κ3) is 65.4. The van der Waals surface area contributed by atoms with Crippen LogP contribution >= 0.6 is 15.6 Å². The van der Waals surface area contributed by atoms with Crippen LogP contribution in [0.5, 0.6) is 0 Å². The number of hydrogen-bond donors (Lipinski definition) is 3. The number of phosphoric acid groups is 2. The molecule has 0 aliphatic heterocycles. The van der Waals surface area contributed by atoms with E-state index in [0.29, 0.717) is 25.7 Å². The molecule has 3 unspecified atom stereocenters. The minimum Gasteiger partial charge on any atom is -0.462 e. The van der Waals surface area contributed by atoms with E-state index < -0.39 is 97.5 Å². The molecule has 0 heterocycles. The van der Waals surface area contributed by atoms with E-state index in [9.17, 15) is 43.2 Å². The highest BCUT2D eigenvalue weighted by molar-refractivity contribution is 7.47. The van der Waals surface area contributed by atoms with Crippen molar-refractivity contribution in [3.05, 3.63) is 0 Å². The van der Waals surface area contributed by atoms with Crippen molar-refractivity contribution in [1.82, 2.24) is 0 Å². The van der Waals surface area contributed by atoms with Gasteiger partial charge in [0, 0.05) is 25.7 Å². The fourth-order valence-corrected chi connectivity index (χ4v) is 12.7. The first kappa shape index (κ1) is 90.1. The summed E-state index contributed by atoms with van der Waals surface area (Å²) in [7, 11) is -9.90. The summed E-state index contributed by atoms with van der Waals surface area (Å²) in [5.41, 5.74) is 0. The first-order chi connectivity index (χ1) is 44.4. The summed E-state index contributed by atoms with van der Waals surface area (Å²) in [5.74, 6) is -0.533. The van der Waals surface area contributed by atoms with Crippen molar-refractivity contribution >= 4 is 39.5 Å². The van der Waals surface area contributed by atoms with Crippen molar-refractivity contribution < 1.29 is 80.2 Å². The summed E-state index contributed by atoms with van der Waals surface area (Å²) in [6.45, 7) is 9.59. The van der Waals surface area contributed by atoms with E-state index in [1.165, 1.54) is 193 Å². The van der Waals surface area contributed by atoms with E-state index in [0.717, 1.165) is 102 Å². The molecule has 3 N–H and O–H groups in total. The van der Waals surface area contributed by atoms with Crippen molar-refractivity contribution in [2.75, 3.05) is 39.6 Å². The zero-order valence-corrected chi connectivity index (χ0v) is 61.6. The molecule has 0 spiro atoms. The van der Waals surface area contributed by atoms with Gasteiger partial charge in [0.1, 0.15) is 19.3 Å². The Labute approximate surface area is 562 Å². The summed E-state index contributed by atoms with van der Waals surface area (Å²) in [4.78, 5) is 72.6. The number of aliphatic hydroxyl groups excluding tert-OH is 1. The molecule has 92 heavy (non-hydrogen) atoms. The van der Waals surface area contributed by atoms with Gasteiger partial charge in [-0.05, 0) is 37.5 Å². The van der Waals surface area contributed by atoms with Crippen LogP contribution in [0, 0.1) is 11.8 Å². The van der Waals surface area contributed by atoms with Gasteiger partial charge >= 0.3 is 39.5 Å². The second-order valence-corrected chi connectivity index (χ2v) is 30.0. The van der Waals surface area contributed by atoms with Crippen LogP contribution in [0.3, 0.4) is 0 Å². The molecule has 0 amide bonds. The molecule has 0 aliphatic rings. The Hall–Kier alpha value is -1.94. The van der Waals surface area contributed by atoms with Crippen molar-refractivity contribution in [3.8, 4) is 0 Å². The zero-order valence-electron chi connectivity index (χ0n) is 59.9. The van der Waals surface area contributed by atoms with E-state index >= 15 is 0 Å². The van der Waals surface area contributed by atoms with Crippen molar-refractivity contribution in [3.63, 3.8) is 0 Å². The Bertz CT molecular complexity index is 1790. The second kappa shape index (κ2) is 65.0. The lowest BCUT2D eigenvalue weighted by molar-refractivity contribution is -0.161. The summed E-state index contributed by atoms with van der Waals surface area (Å²) in [6.07, 6.45) is 51.2. The van der Waals surface area contributed by atoms with Crippen LogP contribution in [-0.2, 0) is 65.4 Å². The topological polar surface area (TPSA) is 237 Å². The van der Waals surface area contributed by atoms with Gasteiger partial charge in [-0.2, -0.15) is 0 Å². The minimum absolute atomic E-state index is 0.107. The maximum absolute atomic E-state index is 13.1. The lowest BCUT2D eigenvalue weighted by Crippen LogP contribution is -2.30. The van der Waals surface area contributed by atoms with E-state index in [2.05, 4.69) is 41.5 Å². The number of ether oxygens (including phenoxy) is 4. The van der Waals surface area contributed by atoms with Gasteiger partial charge in [-0.15, -0.1) is 0 Å². The fourth-order valence-electron chi connectivity index (χ4n) is 11.1. The predicted molar refractivity (Wildman–Crippen MR) is 372 cm³/mol. The van der Waals surface area contributed by atoms with Gasteiger partial charge in [0.05, 0.1) is 26.4 Å². The molecule has 0 saturated heterocycles. The minimum atomic E-state index is -4.95. The van der Waals surface area contributed by atoms with Gasteiger partial charge < -0.3 is 33.8 Å². The third-order valence-corrected chi connectivity index (χ3v) is 19.2. The molecule has 0 radical (unpaired) electrons. The Morgan fingerprint density at radius 1 is 0.315 bits per heavy atom. The summed E-state index contributed by atoms with van der Waals surface area (Å²) >= 11 is 0. The normalized spacial score (nSPS) is 14.4. The average molecular weight is 1350 g/mol. The number of carbonyl (C=O) groups is 4. The highest BCUT2D eigenvalue weighted by Crippen LogP contribution is 2.45. The highest BCUT2D eigenvalue weighted by Gasteiger charge is 2.30. The largest absolute Gasteiger partial charge is 0.472 e. The first-order valence-corrected chi connectivity index (χ1v) is 41.0. The Morgan fingerprint density at radius 3 is 0.826 bits per heavy atom. The number of carbonyl (C=O) groups excluding carboxylic acids is 4. The molecule has 546 valence electrons. The smallest absolute Gasteiger partial charge is 0.462 e. The average Bonchev–Trinajstić information content (AvgIpc) is 1.69. The Kier molecular flexibility index (Phi) is 63.7. The van der Waals surface area contributed by atoms with Crippen LogP contribution in [0.2, 0.25) is 0 Å². The standard InChI is InChI=1S/C73H142O17P2/c1-7-10-12-14-16-18-26-31-39-45-51-57-72(77)89-68(61-83-70(75)55-49-43-37-30-19-17-15-13-11-8-2)63-87-91(79,80)85-59-67(74)60-86-92(81,82)88-64-69(62-84-71(76)56-50-44-38-34-33-36-42-48-54-66(6)9-3)90-73(78)58-52-46-40-32-28-25-23-21-20-22-24-27-29-35-41-47-53-65(4)5/h65-69,74H,7-64H2,1-6H3,(H,79,80)(H,81,82)/t66?,67-,68+,69+/m0/s1. The monoisotopic (exact) mass is 1350 g/mol. The maximum atomic E-state index is 13.1. The van der Waals surface area contributed by atoms with E-state index in [1.54, 1.807) is 0 Å². The molecule has 6 atom stereocenters. The number of esters is 4. The molecule has 0 aromatic rings. The number of hydrogen-bond acceptors (Lipinski definition) is 15. The molecule has 0 aliphatic carbocycles. The van der Waals surface area contributed by atoms with Crippen molar-refractivity contribution in [2.45, 2.75) is 394 Å². The fraction of sp³-hybridized carbons (Fsp3) is 0.945. The van der Waals surface area contributed by atoms with Crippen LogP contribution in [0.1, 0.15) is 375 Å². The van der Waals surface area contributed by atoms with Gasteiger partial charge in [-0.25, -0.2) is 9.13 Å². The molecule has 0 aromatic carbocycles. The molecule has 0 bridgehead atoms. The zero-order chi connectivity index (χ0) is 67.9. The summed E-state index contributed by atoms with van der Waals surface area (Å²) in [6, 6.07) is 0. The van der Waals surface area contributed by atoms with Gasteiger partial charge in [-0.3, -0.25) is 37.3 Å². The van der Waals surface area contributed by atoms with E-state index in [-0.39, 0.29) is 25.7 Å². The van der Waals surface area contributed by atoms with E-state index in [1.807, 2.05) is 0 Å². The quantitative estimate of drug-likeness (QED) is 0.0222. The van der Waals surface area contributed by atoms with Gasteiger partial charge in [0.25, 0.3) is 0 Å². The molecule has 17 nitrogen and oxygen atoms in total. The Balaban J connectivity index is 5.21. The molecule has 0 fully saturated rings. The van der Waals surface area contributed by atoms with Crippen LogP contribution < -0.4 is 0 Å². The lowest BCUT2D eigenvalue weighted by Gasteiger charge is -2.21. The van der Waals surface area contributed by atoms with Gasteiger partial charge in [0.15, 0.2) is 12.2 Å². The summed E-state index contributed by atoms with van der Waals surface area (Å²) < 4.78 is 68.4. The van der Waals surface area contributed by atoms with Gasteiger partial charge in [-0.1, -0.05) is 324 Å². The molecular weight excluding hydrogens is 1210 g/mol. The molecule has 0 rings (SSSR count). The SMILES string of the molecule is CCCCCCCCCCCCCC(=O)O[C@H](COC(=O)CCCCCCCCCCCC)COP(=O)(O)OC[C@H](O)COP(=O)(O)OC[C@@H](COC(=O)CCCCCCCCCCC(C)CC)OC(=O)CCCCCCCCCCCCCCCCCCC(C)C. The maximum Gasteiger partial charge on any atom is 0.472 e. The predicted octanol–water partition coefficient (Wildman–Crippen LogP) is 21.2. The molecular formula is C73H142O17P2. The van der Waals surface area contributed by atoms with E-state index in [4.69, 9.17) is 37.0 Å². The van der Waals surface area contributed by atoms with Crippen LogP contribution in [0.4, 0.5) is 0 Å². The number of aliphatic hydroxyl groups is 1. The van der Waals surface area contributed by atoms with Crippen LogP contribution in [0.15, 0.2) is 0 Å². The van der Waals surface area contributed by atoms with Gasteiger partial charge in [0.2, 0.25) is 0 Å². The molecule has 0 aromatic heterocycles. The number of phosphoric ester groups is 2. The summed E-state index contributed by atoms with van der Waals surface area (Å²) in [5, 5.41) is 10.6. The lowest BCUT2D eigenvalue weighted by atomic mass is 9.99. The highest BCUT2D eigenvalue weighted by atomic mass is 31.2. The Morgan fingerprint density at radius 2 is 0.554 bits per heavy atom. The van der Waals surface area contributed by atoms with Crippen LogP contribution in [-0.4, -0.2) is 96.7 Å². The third-order valence-electron chi connectivity index (χ3n) is 17.3. The second-order valence-electron chi connectivity index (χ2n) is 27.1. The van der Waals surface area contributed by atoms with Crippen molar-refractivity contribution in [2.24, 2.45) is 11.8 Å². The number of rotatable bonds is 72.